The largest absolute Gasteiger partial charge is 0.393 e. The highest BCUT2D eigenvalue weighted by Gasteiger charge is 2.28. The molecular weight excluding hydrogens is 206 g/mol. The summed E-state index contributed by atoms with van der Waals surface area (Å²) in [5, 5.41) is 12.9. The van der Waals surface area contributed by atoms with Gasteiger partial charge in [0.25, 0.3) is 0 Å². The zero-order chi connectivity index (χ0) is 11.5. The molecule has 0 amide bonds. The number of rotatable bonds is 4. The summed E-state index contributed by atoms with van der Waals surface area (Å²) in [6, 6.07) is 1.04. The number of hydrogen-bond acceptors (Lipinski definition) is 3. The molecule has 90 valence electrons. The van der Waals surface area contributed by atoms with E-state index in [1.165, 1.54) is 17.9 Å². The Labute approximate surface area is 98.2 Å². The second-order valence-corrected chi connectivity index (χ2v) is 6.76. The fourth-order valence-corrected chi connectivity index (χ4v) is 3.64. The number of nitrogens with one attached hydrogen (secondary N) is 1. The highest BCUT2D eigenvalue weighted by molar-refractivity contribution is 7.99. The second-order valence-electron chi connectivity index (χ2n) is 5.73. The van der Waals surface area contributed by atoms with Crippen LogP contribution in [0.4, 0.5) is 0 Å². The van der Waals surface area contributed by atoms with E-state index >= 15 is 0 Å². The van der Waals surface area contributed by atoms with Crippen LogP contribution < -0.4 is 5.32 Å². The lowest BCUT2D eigenvalue weighted by Gasteiger charge is -2.36. The molecule has 0 aromatic rings. The summed E-state index contributed by atoms with van der Waals surface area (Å²) >= 11 is 2.05. The molecule has 1 heterocycles. The van der Waals surface area contributed by atoms with Gasteiger partial charge >= 0.3 is 0 Å². The molecule has 1 fully saturated rings. The van der Waals surface area contributed by atoms with Gasteiger partial charge in [0.05, 0.1) is 6.10 Å². The van der Waals surface area contributed by atoms with Crippen molar-refractivity contribution in [3.8, 4) is 0 Å². The van der Waals surface area contributed by atoms with Crippen LogP contribution in [0.1, 0.15) is 40.5 Å². The number of aliphatic hydroxyl groups is 1. The second kappa shape index (κ2) is 5.55. The van der Waals surface area contributed by atoms with E-state index in [0.29, 0.717) is 17.5 Å². The van der Waals surface area contributed by atoms with Gasteiger partial charge in [0.1, 0.15) is 0 Å². The van der Waals surface area contributed by atoms with E-state index < -0.39 is 0 Å². The molecule has 1 saturated heterocycles. The van der Waals surface area contributed by atoms with Gasteiger partial charge in [-0.15, -0.1) is 0 Å². The molecule has 0 aliphatic carbocycles. The van der Waals surface area contributed by atoms with E-state index in [4.69, 9.17) is 0 Å². The van der Waals surface area contributed by atoms with Gasteiger partial charge in [-0.2, -0.15) is 11.8 Å². The van der Waals surface area contributed by atoms with Crippen molar-refractivity contribution in [1.29, 1.82) is 0 Å². The Balaban J connectivity index is 2.31. The normalized spacial score (nSPS) is 29.8. The molecule has 2 N–H and O–H groups in total. The molecule has 15 heavy (non-hydrogen) atoms. The number of thioether (sulfide) groups is 1. The van der Waals surface area contributed by atoms with E-state index in [1.807, 2.05) is 18.7 Å². The van der Waals surface area contributed by atoms with Crippen molar-refractivity contribution in [3.05, 3.63) is 0 Å². The Hall–Kier alpha value is 0.270. The summed E-state index contributed by atoms with van der Waals surface area (Å²) in [5.74, 6) is 2.49. The topological polar surface area (TPSA) is 32.3 Å². The first-order valence-corrected chi connectivity index (χ1v) is 7.06. The molecule has 0 aromatic heterocycles. The van der Waals surface area contributed by atoms with Gasteiger partial charge in [0, 0.05) is 17.8 Å². The summed E-state index contributed by atoms with van der Waals surface area (Å²) in [5.41, 5.74) is 0.463. The van der Waals surface area contributed by atoms with Gasteiger partial charge in [0.15, 0.2) is 0 Å². The highest BCUT2D eigenvalue weighted by Crippen LogP contribution is 2.33. The van der Waals surface area contributed by atoms with E-state index in [1.54, 1.807) is 0 Å². The van der Waals surface area contributed by atoms with E-state index in [2.05, 4.69) is 26.1 Å². The average molecular weight is 231 g/mol. The zero-order valence-electron chi connectivity index (χ0n) is 10.4. The molecule has 3 unspecified atom stereocenters. The lowest BCUT2D eigenvalue weighted by Crippen LogP contribution is -2.45. The van der Waals surface area contributed by atoms with Gasteiger partial charge in [-0.1, -0.05) is 13.8 Å². The third-order valence-corrected chi connectivity index (χ3v) is 4.45. The first-order valence-electron chi connectivity index (χ1n) is 5.91. The quantitative estimate of drug-likeness (QED) is 0.778. The van der Waals surface area contributed by atoms with E-state index in [0.717, 1.165) is 6.42 Å². The maximum Gasteiger partial charge on any atom is 0.0526 e. The highest BCUT2D eigenvalue weighted by atomic mass is 32.2. The summed E-state index contributed by atoms with van der Waals surface area (Å²) in [4.78, 5) is 0. The van der Waals surface area contributed by atoms with Crippen molar-refractivity contribution >= 4 is 11.8 Å². The third kappa shape index (κ3) is 5.23. The minimum Gasteiger partial charge on any atom is -0.393 e. The molecule has 3 heteroatoms. The SMILES string of the molecule is CC(O)CC(C)NC1CSCC(C)(C)C1. The number of aliphatic hydroxyl groups excluding tert-OH is 1. The standard InChI is InChI=1S/C12H25NOS/c1-9(5-10(2)14)13-11-6-12(3,4)8-15-7-11/h9-11,13-14H,5-8H2,1-4H3. The summed E-state index contributed by atoms with van der Waals surface area (Å²) in [6.07, 6.45) is 1.91. The van der Waals surface area contributed by atoms with Crippen molar-refractivity contribution < 1.29 is 5.11 Å². The average Bonchev–Trinajstić information content (AvgIpc) is 1.99. The molecule has 0 aromatic carbocycles. The van der Waals surface area contributed by atoms with E-state index in [9.17, 15) is 5.11 Å². The number of hydrogen-bond donors (Lipinski definition) is 2. The van der Waals surface area contributed by atoms with Crippen LogP contribution in [-0.2, 0) is 0 Å². The molecule has 0 bridgehead atoms. The minimum atomic E-state index is -0.197. The molecule has 3 atom stereocenters. The lowest BCUT2D eigenvalue weighted by molar-refractivity contribution is 0.165. The van der Waals surface area contributed by atoms with Crippen LogP contribution in [0.25, 0.3) is 0 Å². The van der Waals surface area contributed by atoms with Crippen LogP contribution >= 0.6 is 11.8 Å². The fraction of sp³-hybridized carbons (Fsp3) is 1.00. The molecule has 2 nitrogen and oxygen atoms in total. The molecule has 1 aliphatic rings. The first-order chi connectivity index (χ1) is 6.89. The fourth-order valence-electron chi connectivity index (χ4n) is 2.35. The van der Waals surface area contributed by atoms with Crippen molar-refractivity contribution in [2.45, 2.75) is 58.7 Å². The summed E-state index contributed by atoms with van der Waals surface area (Å²) in [7, 11) is 0. The Morgan fingerprint density at radius 1 is 1.47 bits per heavy atom. The van der Waals surface area contributed by atoms with Gasteiger partial charge in [-0.25, -0.2) is 0 Å². The van der Waals surface area contributed by atoms with Crippen LogP contribution in [0.2, 0.25) is 0 Å². The Bertz CT molecular complexity index is 194. The lowest BCUT2D eigenvalue weighted by atomic mass is 9.87. The Morgan fingerprint density at radius 3 is 2.67 bits per heavy atom. The Morgan fingerprint density at radius 2 is 2.13 bits per heavy atom. The van der Waals surface area contributed by atoms with Gasteiger partial charge in [-0.05, 0) is 37.9 Å². The maximum atomic E-state index is 9.31. The first kappa shape index (κ1) is 13.3. The van der Waals surface area contributed by atoms with Crippen LogP contribution in [0, 0.1) is 5.41 Å². The minimum absolute atomic E-state index is 0.197. The smallest absolute Gasteiger partial charge is 0.0526 e. The van der Waals surface area contributed by atoms with Crippen molar-refractivity contribution in [2.24, 2.45) is 5.41 Å². The Kier molecular flexibility index (Phi) is 4.94. The summed E-state index contributed by atoms with van der Waals surface area (Å²) in [6.45, 7) is 8.71. The molecule has 0 spiro atoms. The van der Waals surface area contributed by atoms with E-state index in [-0.39, 0.29) is 6.10 Å². The van der Waals surface area contributed by atoms with Crippen LogP contribution in [-0.4, -0.2) is 34.8 Å². The zero-order valence-corrected chi connectivity index (χ0v) is 11.2. The summed E-state index contributed by atoms with van der Waals surface area (Å²) < 4.78 is 0. The third-order valence-electron chi connectivity index (χ3n) is 2.83. The van der Waals surface area contributed by atoms with Crippen molar-refractivity contribution in [3.63, 3.8) is 0 Å². The van der Waals surface area contributed by atoms with Crippen molar-refractivity contribution in [1.82, 2.24) is 5.32 Å². The molecule has 0 radical (unpaired) electrons. The van der Waals surface area contributed by atoms with Crippen LogP contribution in [0.15, 0.2) is 0 Å². The van der Waals surface area contributed by atoms with Gasteiger partial charge in [-0.3, -0.25) is 0 Å². The van der Waals surface area contributed by atoms with Gasteiger partial charge in [0.2, 0.25) is 0 Å². The molecule has 1 aliphatic heterocycles. The predicted octanol–water partition coefficient (Wildman–Crippen LogP) is 2.27. The predicted molar refractivity (Wildman–Crippen MR) is 68.4 cm³/mol. The maximum absolute atomic E-state index is 9.31. The van der Waals surface area contributed by atoms with Crippen LogP contribution in [0.3, 0.4) is 0 Å². The van der Waals surface area contributed by atoms with Crippen molar-refractivity contribution in [2.75, 3.05) is 11.5 Å². The monoisotopic (exact) mass is 231 g/mol. The van der Waals surface area contributed by atoms with Crippen LogP contribution in [0.5, 0.6) is 0 Å². The molecular formula is C12H25NOS. The van der Waals surface area contributed by atoms with Gasteiger partial charge < -0.3 is 10.4 Å². The molecule has 0 saturated carbocycles. The molecule has 1 rings (SSSR count).